The van der Waals surface area contributed by atoms with Gasteiger partial charge in [-0.25, -0.2) is 4.57 Å². The van der Waals surface area contributed by atoms with Crippen LogP contribution in [0.1, 0.15) is 21.8 Å². The van der Waals surface area contributed by atoms with Crippen LogP contribution in [0.15, 0.2) is 30.3 Å². The molecule has 3 rings (SSSR count). The van der Waals surface area contributed by atoms with Crippen molar-refractivity contribution in [2.24, 2.45) is 5.92 Å². The molecular weight excluding hydrogens is 512 g/mol. The maximum Gasteiger partial charge on any atom is 0.505 e. The fourth-order valence-corrected chi connectivity index (χ4v) is 4.73. The molecule has 1 aliphatic carbocycles. The average molecular weight is 536 g/mol. The number of ether oxygens (including phenoxy) is 3. The molecule has 10 nitrogen and oxygen atoms in total. The summed E-state index contributed by atoms with van der Waals surface area (Å²) < 4.78 is 29.8. The maximum atomic E-state index is 13.4. The van der Waals surface area contributed by atoms with Crippen LogP contribution in [-0.2, 0) is 9.24 Å². The first-order chi connectivity index (χ1) is 15.8. The fourth-order valence-electron chi connectivity index (χ4n) is 3.72. The van der Waals surface area contributed by atoms with Gasteiger partial charge in [-0.05, 0) is 29.8 Å². The average Bonchev–Trinajstić information content (AvgIpc) is 3.36. The summed E-state index contributed by atoms with van der Waals surface area (Å²) in [6.45, 7) is 0. The minimum absolute atomic E-state index is 0.0147. The van der Waals surface area contributed by atoms with Crippen molar-refractivity contribution >= 4 is 42.5 Å². The van der Waals surface area contributed by atoms with Crippen molar-refractivity contribution in [2.75, 3.05) is 40.3 Å². The Morgan fingerprint density at radius 2 is 1.59 bits per heavy atom. The number of hydrogen-bond acceptors (Lipinski definition) is 8. The van der Waals surface area contributed by atoms with Crippen molar-refractivity contribution in [1.82, 2.24) is 0 Å². The van der Waals surface area contributed by atoms with E-state index in [2.05, 4.69) is 4.67 Å². The summed E-state index contributed by atoms with van der Waals surface area (Å²) in [5.41, 5.74) is 1.25. The molecule has 1 fully saturated rings. The fraction of sp³-hybridized carbons (Fsp3) is 0.381. The maximum absolute atomic E-state index is 13.4. The zero-order valence-electron chi connectivity index (χ0n) is 18.9. The topological polar surface area (TPSA) is 124 Å². The SMILES string of the molecule is COc1cc(C(=O)C2C(c3ccc(N(C)C)c(OOP(=O)(O)O)c3)C2(Cl)Cl)cc(OC)c1OC. The first kappa shape index (κ1) is 26.4. The molecule has 0 aromatic heterocycles. The summed E-state index contributed by atoms with van der Waals surface area (Å²) in [4.78, 5) is 37.9. The van der Waals surface area contributed by atoms with Crippen LogP contribution in [0.4, 0.5) is 5.69 Å². The van der Waals surface area contributed by atoms with Crippen LogP contribution < -0.4 is 24.0 Å². The Morgan fingerprint density at radius 3 is 2.06 bits per heavy atom. The molecule has 2 aromatic carbocycles. The summed E-state index contributed by atoms with van der Waals surface area (Å²) in [7, 11) is 2.84. The molecule has 1 saturated carbocycles. The smallest absolute Gasteiger partial charge is 0.493 e. The van der Waals surface area contributed by atoms with Gasteiger partial charge >= 0.3 is 7.82 Å². The number of hydrogen-bond donors (Lipinski definition) is 2. The van der Waals surface area contributed by atoms with Crippen LogP contribution in [0.25, 0.3) is 0 Å². The lowest BCUT2D eigenvalue weighted by Gasteiger charge is -2.18. The number of phosphoric acid groups is 1. The molecule has 0 bridgehead atoms. The number of ketones is 1. The highest BCUT2D eigenvalue weighted by molar-refractivity contribution is 7.46. The highest BCUT2D eigenvalue weighted by atomic mass is 35.5. The molecule has 34 heavy (non-hydrogen) atoms. The molecule has 13 heteroatoms. The highest BCUT2D eigenvalue weighted by Crippen LogP contribution is 2.66. The van der Waals surface area contributed by atoms with Gasteiger partial charge in [0.2, 0.25) is 5.75 Å². The second-order valence-corrected chi connectivity index (χ2v) is 10.3. The molecule has 0 radical (unpaired) electrons. The molecule has 2 atom stereocenters. The highest BCUT2D eigenvalue weighted by Gasteiger charge is 2.67. The quantitative estimate of drug-likeness (QED) is 0.152. The van der Waals surface area contributed by atoms with Crippen LogP contribution in [0.3, 0.4) is 0 Å². The van der Waals surface area contributed by atoms with E-state index in [1.54, 1.807) is 31.1 Å². The van der Waals surface area contributed by atoms with Crippen molar-refractivity contribution in [3.05, 3.63) is 41.5 Å². The predicted molar refractivity (Wildman–Crippen MR) is 126 cm³/mol. The molecule has 0 amide bonds. The van der Waals surface area contributed by atoms with Gasteiger partial charge < -0.3 is 33.8 Å². The molecule has 186 valence electrons. The summed E-state index contributed by atoms with van der Waals surface area (Å²) in [5.74, 6) is -0.838. The van der Waals surface area contributed by atoms with Crippen LogP contribution in [0.5, 0.6) is 23.0 Å². The largest absolute Gasteiger partial charge is 0.505 e. The van der Waals surface area contributed by atoms with Gasteiger partial charge in [0.15, 0.2) is 23.0 Å². The van der Waals surface area contributed by atoms with Gasteiger partial charge in [-0.2, -0.15) is 0 Å². The first-order valence-corrected chi connectivity index (χ1v) is 12.1. The summed E-state index contributed by atoms with van der Waals surface area (Å²) in [6.07, 6.45) is 0. The van der Waals surface area contributed by atoms with Crippen molar-refractivity contribution in [3.8, 4) is 23.0 Å². The number of halogens is 2. The van der Waals surface area contributed by atoms with E-state index in [-0.39, 0.29) is 17.1 Å². The molecule has 0 saturated heterocycles. The Balaban J connectivity index is 1.96. The first-order valence-electron chi connectivity index (χ1n) is 9.80. The minimum Gasteiger partial charge on any atom is -0.493 e. The van der Waals surface area contributed by atoms with Crippen LogP contribution in [-0.4, -0.2) is 55.3 Å². The van der Waals surface area contributed by atoms with Gasteiger partial charge in [-0.3, -0.25) is 4.79 Å². The number of benzene rings is 2. The van der Waals surface area contributed by atoms with Gasteiger partial charge in [0.05, 0.1) is 32.9 Å². The normalized spacial score (nSPS) is 18.7. The summed E-state index contributed by atoms with van der Waals surface area (Å²) in [5, 5.41) is 0. The summed E-state index contributed by atoms with van der Waals surface area (Å²) >= 11 is 13.0. The standard InChI is InChI=1S/C21H24Cl2NO9P/c1-24(2)13-7-6-11(8-14(13)32-33-34(26,27)28)17-18(21(17,22)23)19(25)12-9-15(29-3)20(31-5)16(10-12)30-4/h6-10,17-18H,1-5H3,(H2,26,27,28). The Hall–Kier alpha value is -2.20. The number of nitrogens with zero attached hydrogens (tertiary/aromatic N) is 1. The van der Waals surface area contributed by atoms with Crippen LogP contribution in [0.2, 0.25) is 0 Å². The second-order valence-electron chi connectivity index (χ2n) is 7.68. The molecule has 0 spiro atoms. The lowest BCUT2D eigenvalue weighted by molar-refractivity contribution is -0.122. The molecule has 2 unspecified atom stereocenters. The molecule has 1 aliphatic rings. The number of methoxy groups -OCH3 is 3. The Kier molecular flexibility index (Phi) is 7.62. The van der Waals surface area contributed by atoms with E-state index in [0.29, 0.717) is 28.5 Å². The van der Waals surface area contributed by atoms with Crippen LogP contribution >= 0.6 is 31.0 Å². The number of alkyl halides is 2. The van der Waals surface area contributed by atoms with Gasteiger partial charge in [-0.1, -0.05) is 10.7 Å². The number of carbonyl (C=O) groups is 1. The Labute approximate surface area is 206 Å². The van der Waals surface area contributed by atoms with E-state index in [1.807, 2.05) is 0 Å². The predicted octanol–water partition coefficient (Wildman–Crippen LogP) is 3.95. The summed E-state index contributed by atoms with van der Waals surface area (Å²) in [6, 6.07) is 7.84. The minimum atomic E-state index is -4.90. The lowest BCUT2D eigenvalue weighted by atomic mass is 10.0. The molecule has 0 aliphatic heterocycles. The number of rotatable bonds is 10. The zero-order chi connectivity index (χ0) is 25.4. The number of anilines is 1. The number of carbonyl (C=O) groups excluding carboxylic acids is 1. The Bertz CT molecular complexity index is 1110. The molecular formula is C21H24Cl2NO9P. The van der Waals surface area contributed by atoms with E-state index in [0.717, 1.165) is 0 Å². The van der Waals surface area contributed by atoms with E-state index in [1.165, 1.54) is 39.5 Å². The monoisotopic (exact) mass is 535 g/mol. The van der Waals surface area contributed by atoms with Crippen molar-refractivity contribution in [1.29, 1.82) is 0 Å². The third-order valence-corrected chi connectivity index (χ3v) is 6.54. The third kappa shape index (κ3) is 5.22. The van der Waals surface area contributed by atoms with E-state index in [9.17, 15) is 9.36 Å². The van der Waals surface area contributed by atoms with Crippen molar-refractivity contribution < 1.29 is 42.9 Å². The Morgan fingerprint density at radius 1 is 1.00 bits per heavy atom. The molecule has 2 N–H and O–H groups in total. The van der Waals surface area contributed by atoms with E-state index < -0.39 is 24.0 Å². The van der Waals surface area contributed by atoms with E-state index in [4.69, 9.17) is 52.1 Å². The van der Waals surface area contributed by atoms with E-state index >= 15 is 0 Å². The van der Waals surface area contributed by atoms with Gasteiger partial charge in [0.1, 0.15) is 4.33 Å². The lowest BCUT2D eigenvalue weighted by Crippen LogP contribution is -2.11. The van der Waals surface area contributed by atoms with Gasteiger partial charge in [0.25, 0.3) is 0 Å². The van der Waals surface area contributed by atoms with Gasteiger partial charge in [-0.15, -0.1) is 23.2 Å². The van der Waals surface area contributed by atoms with Crippen LogP contribution in [0, 0.1) is 5.92 Å². The van der Waals surface area contributed by atoms with Crippen molar-refractivity contribution in [2.45, 2.75) is 10.3 Å². The number of Topliss-reactive ketones (excluding diaryl/α,β-unsaturated/α-hetero) is 1. The molecule has 2 aromatic rings. The zero-order valence-corrected chi connectivity index (χ0v) is 21.4. The second kappa shape index (κ2) is 9.81. The molecule has 0 heterocycles. The van der Waals surface area contributed by atoms with Crippen molar-refractivity contribution in [3.63, 3.8) is 0 Å². The van der Waals surface area contributed by atoms with Gasteiger partial charge in [0, 0.05) is 25.6 Å². The third-order valence-electron chi connectivity index (χ3n) is 5.33.